The Kier molecular flexibility index (Phi) is 4.13. The van der Waals surface area contributed by atoms with Crippen LogP contribution in [0.3, 0.4) is 0 Å². The standard InChI is InChI=1S/C16H16BrNOS/c1-2-9-19-15-5-3-4-14-12(15)6-8-18(14)11-16-13(17)7-10-20-16/h3-8,10H,2,9,11H2,1H3. The second kappa shape index (κ2) is 6.02. The molecule has 104 valence electrons. The molecule has 0 unspecified atom stereocenters. The van der Waals surface area contributed by atoms with Crippen LogP contribution in [0.25, 0.3) is 10.9 Å². The summed E-state index contributed by atoms with van der Waals surface area (Å²) in [7, 11) is 0. The topological polar surface area (TPSA) is 14.2 Å². The van der Waals surface area contributed by atoms with Gasteiger partial charge >= 0.3 is 0 Å². The van der Waals surface area contributed by atoms with Gasteiger partial charge in [-0.15, -0.1) is 11.3 Å². The highest BCUT2D eigenvalue weighted by Gasteiger charge is 2.08. The van der Waals surface area contributed by atoms with Gasteiger partial charge in [-0.2, -0.15) is 0 Å². The Bertz CT molecular complexity index is 716. The highest BCUT2D eigenvalue weighted by Crippen LogP contribution is 2.29. The molecule has 0 bridgehead atoms. The van der Waals surface area contributed by atoms with Crippen LogP contribution in [0.5, 0.6) is 5.75 Å². The van der Waals surface area contributed by atoms with Crippen LogP contribution in [-0.4, -0.2) is 11.2 Å². The molecule has 4 heteroatoms. The Labute approximate surface area is 131 Å². The first-order valence-corrected chi connectivity index (χ1v) is 8.39. The molecule has 2 aromatic heterocycles. The number of nitrogens with zero attached hydrogens (tertiary/aromatic N) is 1. The monoisotopic (exact) mass is 349 g/mol. The Balaban J connectivity index is 1.95. The van der Waals surface area contributed by atoms with Crippen LogP contribution in [0, 0.1) is 0 Å². The van der Waals surface area contributed by atoms with E-state index in [-0.39, 0.29) is 0 Å². The average molecular weight is 350 g/mol. The fraction of sp³-hybridized carbons (Fsp3) is 0.250. The molecular weight excluding hydrogens is 334 g/mol. The van der Waals surface area contributed by atoms with Crippen molar-refractivity contribution in [2.75, 3.05) is 6.61 Å². The molecule has 0 aliphatic rings. The lowest BCUT2D eigenvalue weighted by atomic mass is 10.2. The predicted molar refractivity (Wildman–Crippen MR) is 88.8 cm³/mol. The third-order valence-corrected chi connectivity index (χ3v) is 5.15. The van der Waals surface area contributed by atoms with E-state index in [1.807, 2.05) is 6.07 Å². The van der Waals surface area contributed by atoms with E-state index in [1.165, 1.54) is 20.3 Å². The molecule has 0 saturated heterocycles. The maximum atomic E-state index is 5.82. The van der Waals surface area contributed by atoms with E-state index in [2.05, 4.69) is 63.3 Å². The zero-order valence-corrected chi connectivity index (χ0v) is 13.7. The van der Waals surface area contributed by atoms with Crippen LogP contribution in [0.2, 0.25) is 0 Å². The third-order valence-electron chi connectivity index (χ3n) is 3.24. The van der Waals surface area contributed by atoms with Gasteiger partial charge in [0.25, 0.3) is 0 Å². The second-order valence-electron chi connectivity index (χ2n) is 4.67. The van der Waals surface area contributed by atoms with Crippen molar-refractivity contribution in [1.29, 1.82) is 0 Å². The van der Waals surface area contributed by atoms with E-state index in [1.54, 1.807) is 11.3 Å². The van der Waals surface area contributed by atoms with Crippen molar-refractivity contribution in [1.82, 2.24) is 4.57 Å². The SMILES string of the molecule is CCCOc1cccc2c1ccn2Cc1sccc1Br. The van der Waals surface area contributed by atoms with Gasteiger partial charge in [0.15, 0.2) is 0 Å². The molecule has 0 aliphatic carbocycles. The van der Waals surface area contributed by atoms with Gasteiger partial charge in [0.2, 0.25) is 0 Å². The van der Waals surface area contributed by atoms with Crippen LogP contribution in [0.15, 0.2) is 46.4 Å². The number of ether oxygens (including phenoxy) is 1. The van der Waals surface area contributed by atoms with Gasteiger partial charge in [0.05, 0.1) is 18.7 Å². The molecule has 0 aliphatic heterocycles. The summed E-state index contributed by atoms with van der Waals surface area (Å²) in [6, 6.07) is 10.5. The van der Waals surface area contributed by atoms with Crippen LogP contribution in [-0.2, 0) is 6.54 Å². The summed E-state index contributed by atoms with van der Waals surface area (Å²) in [6.07, 6.45) is 3.16. The summed E-state index contributed by atoms with van der Waals surface area (Å²) < 4.78 is 9.27. The number of fused-ring (bicyclic) bond motifs is 1. The first-order valence-electron chi connectivity index (χ1n) is 6.72. The summed E-state index contributed by atoms with van der Waals surface area (Å²) in [6.45, 7) is 3.78. The molecule has 0 atom stereocenters. The van der Waals surface area contributed by atoms with Gasteiger partial charge in [0.1, 0.15) is 5.75 Å². The second-order valence-corrected chi connectivity index (χ2v) is 6.53. The molecule has 0 fully saturated rings. The van der Waals surface area contributed by atoms with Gasteiger partial charge in [-0.25, -0.2) is 0 Å². The number of thiophene rings is 1. The molecule has 0 N–H and O–H groups in total. The number of hydrogen-bond donors (Lipinski definition) is 0. The Morgan fingerprint density at radius 3 is 2.90 bits per heavy atom. The van der Waals surface area contributed by atoms with Crippen LogP contribution in [0.4, 0.5) is 0 Å². The van der Waals surface area contributed by atoms with E-state index in [0.29, 0.717) is 0 Å². The first-order chi connectivity index (χ1) is 9.79. The molecule has 0 saturated carbocycles. The molecule has 1 aromatic carbocycles. The van der Waals surface area contributed by atoms with E-state index < -0.39 is 0 Å². The van der Waals surface area contributed by atoms with Crippen molar-refractivity contribution in [2.24, 2.45) is 0 Å². The molecule has 0 amide bonds. The molecule has 0 radical (unpaired) electrons. The average Bonchev–Trinajstić information content (AvgIpc) is 3.05. The van der Waals surface area contributed by atoms with E-state index in [0.717, 1.165) is 25.3 Å². The fourth-order valence-electron chi connectivity index (χ4n) is 2.26. The minimum absolute atomic E-state index is 0.765. The Morgan fingerprint density at radius 1 is 1.25 bits per heavy atom. The molecule has 20 heavy (non-hydrogen) atoms. The number of hydrogen-bond acceptors (Lipinski definition) is 2. The predicted octanol–water partition coefficient (Wildman–Crippen LogP) is 5.30. The molecular formula is C16H16BrNOS. The largest absolute Gasteiger partial charge is 0.493 e. The van der Waals surface area contributed by atoms with Crippen molar-refractivity contribution < 1.29 is 4.74 Å². The number of rotatable bonds is 5. The zero-order valence-electron chi connectivity index (χ0n) is 11.3. The van der Waals surface area contributed by atoms with Crippen LogP contribution >= 0.6 is 27.3 Å². The Morgan fingerprint density at radius 2 is 2.15 bits per heavy atom. The molecule has 0 spiro atoms. The minimum atomic E-state index is 0.765. The summed E-state index contributed by atoms with van der Waals surface area (Å²) in [5.41, 5.74) is 1.22. The maximum absolute atomic E-state index is 5.82. The van der Waals surface area contributed by atoms with Crippen molar-refractivity contribution in [3.8, 4) is 5.75 Å². The fourth-order valence-corrected chi connectivity index (χ4v) is 3.74. The summed E-state index contributed by atoms with van der Waals surface area (Å²) in [5.74, 6) is 0.980. The van der Waals surface area contributed by atoms with Crippen molar-refractivity contribution in [3.63, 3.8) is 0 Å². The first kappa shape index (κ1) is 13.7. The molecule has 2 nitrogen and oxygen atoms in total. The third kappa shape index (κ3) is 2.63. The van der Waals surface area contributed by atoms with Crippen LogP contribution in [0.1, 0.15) is 18.2 Å². The van der Waals surface area contributed by atoms with Gasteiger partial charge in [-0.1, -0.05) is 13.0 Å². The maximum Gasteiger partial charge on any atom is 0.128 e. The lowest BCUT2D eigenvalue weighted by molar-refractivity contribution is 0.321. The van der Waals surface area contributed by atoms with E-state index >= 15 is 0 Å². The normalized spacial score (nSPS) is 11.1. The lowest BCUT2D eigenvalue weighted by Crippen LogP contribution is -1.97. The molecule has 2 heterocycles. The summed E-state index contributed by atoms with van der Waals surface area (Å²) >= 11 is 5.37. The van der Waals surface area contributed by atoms with Crippen molar-refractivity contribution >= 4 is 38.2 Å². The Hall–Kier alpha value is -1.26. The van der Waals surface area contributed by atoms with Gasteiger partial charge in [-0.3, -0.25) is 0 Å². The van der Waals surface area contributed by atoms with Crippen molar-refractivity contribution in [2.45, 2.75) is 19.9 Å². The molecule has 3 rings (SSSR count). The van der Waals surface area contributed by atoms with Crippen molar-refractivity contribution in [3.05, 3.63) is 51.3 Å². The summed E-state index contributed by atoms with van der Waals surface area (Å²) in [4.78, 5) is 1.34. The molecule has 3 aromatic rings. The number of benzene rings is 1. The summed E-state index contributed by atoms with van der Waals surface area (Å²) in [5, 5.41) is 3.30. The number of halogens is 1. The number of aromatic nitrogens is 1. The van der Waals surface area contributed by atoms with E-state index in [4.69, 9.17) is 4.74 Å². The smallest absolute Gasteiger partial charge is 0.128 e. The lowest BCUT2D eigenvalue weighted by Gasteiger charge is -2.08. The van der Waals surface area contributed by atoms with Gasteiger partial charge in [0, 0.05) is 20.9 Å². The van der Waals surface area contributed by atoms with Gasteiger partial charge in [-0.05, 0) is 52.0 Å². The highest BCUT2D eigenvalue weighted by atomic mass is 79.9. The van der Waals surface area contributed by atoms with Gasteiger partial charge < -0.3 is 9.30 Å². The van der Waals surface area contributed by atoms with E-state index in [9.17, 15) is 0 Å². The zero-order chi connectivity index (χ0) is 13.9. The highest BCUT2D eigenvalue weighted by molar-refractivity contribution is 9.10. The minimum Gasteiger partial charge on any atom is -0.493 e. The quantitative estimate of drug-likeness (QED) is 0.609. The van der Waals surface area contributed by atoms with Crippen LogP contribution < -0.4 is 4.74 Å².